The van der Waals surface area contributed by atoms with E-state index in [1.807, 2.05) is 13.8 Å². The molecule has 0 aromatic heterocycles. The third-order valence-corrected chi connectivity index (χ3v) is 6.36. The fourth-order valence-corrected chi connectivity index (χ4v) is 4.05. The molecule has 0 radical (unpaired) electrons. The molecule has 0 saturated heterocycles. The summed E-state index contributed by atoms with van der Waals surface area (Å²) in [5.74, 6) is -2.23. The van der Waals surface area contributed by atoms with Crippen LogP contribution in [0.5, 0.6) is 5.75 Å². The number of rotatable bonds is 15. The number of phenolic OH excluding ortho intramolecular Hbond substituents is 1. The molecule has 3 amide bonds. The van der Waals surface area contributed by atoms with Gasteiger partial charge in [-0.15, -0.1) is 0 Å². The molecule has 3 atom stereocenters. The number of para-hydroxylation sites is 1. The number of carbonyl (C=O) groups is 4. The van der Waals surface area contributed by atoms with E-state index in [0.717, 1.165) is 25.7 Å². The fraction of sp³-hybridized carbons (Fsp3) is 0.655. The van der Waals surface area contributed by atoms with Crippen molar-refractivity contribution in [2.75, 3.05) is 20.2 Å². The minimum Gasteiger partial charge on any atom is -0.508 e. The Morgan fingerprint density at radius 3 is 2.23 bits per heavy atom. The van der Waals surface area contributed by atoms with Crippen LogP contribution in [0.4, 0.5) is 4.79 Å². The van der Waals surface area contributed by atoms with E-state index in [9.17, 15) is 24.3 Å². The first kappa shape index (κ1) is 33.7. The zero-order chi connectivity index (χ0) is 29.6. The molecule has 39 heavy (non-hydrogen) atoms. The van der Waals surface area contributed by atoms with E-state index in [0.29, 0.717) is 12.8 Å². The Kier molecular flexibility index (Phi) is 14.4. The van der Waals surface area contributed by atoms with Crippen molar-refractivity contribution in [2.24, 2.45) is 5.92 Å². The molecule has 0 bridgehead atoms. The number of aromatic hydroxyl groups is 1. The van der Waals surface area contributed by atoms with E-state index in [2.05, 4.69) is 22.3 Å². The van der Waals surface area contributed by atoms with Crippen LogP contribution in [0.2, 0.25) is 0 Å². The van der Waals surface area contributed by atoms with Gasteiger partial charge in [0.05, 0.1) is 7.11 Å². The van der Waals surface area contributed by atoms with Crippen LogP contribution < -0.4 is 10.6 Å². The number of phenols is 1. The summed E-state index contributed by atoms with van der Waals surface area (Å²) in [6, 6.07) is 4.04. The average Bonchev–Trinajstić information content (AvgIpc) is 2.88. The molecule has 10 nitrogen and oxygen atoms in total. The van der Waals surface area contributed by atoms with Gasteiger partial charge in [-0.25, -0.2) is 4.79 Å². The average molecular weight is 550 g/mol. The lowest BCUT2D eigenvalue weighted by atomic mass is 9.95. The van der Waals surface area contributed by atoms with Crippen molar-refractivity contribution in [1.29, 1.82) is 0 Å². The van der Waals surface area contributed by atoms with Gasteiger partial charge in [0.1, 0.15) is 30.0 Å². The van der Waals surface area contributed by atoms with Gasteiger partial charge in [0.25, 0.3) is 0 Å². The van der Waals surface area contributed by atoms with Crippen molar-refractivity contribution < 1.29 is 33.8 Å². The summed E-state index contributed by atoms with van der Waals surface area (Å²) in [5, 5.41) is 15.9. The number of nitrogens with one attached hydrogen (secondary N) is 2. The van der Waals surface area contributed by atoms with E-state index >= 15 is 0 Å². The highest BCUT2D eigenvalue weighted by molar-refractivity contribution is 5.93. The second-order valence-corrected chi connectivity index (χ2v) is 10.7. The van der Waals surface area contributed by atoms with Crippen molar-refractivity contribution in [3.8, 4) is 5.75 Å². The van der Waals surface area contributed by atoms with E-state index in [1.165, 1.54) is 18.1 Å². The van der Waals surface area contributed by atoms with Crippen LogP contribution in [-0.2, 0) is 23.9 Å². The molecule has 0 heterocycles. The van der Waals surface area contributed by atoms with Gasteiger partial charge in [-0.1, -0.05) is 71.1 Å². The van der Waals surface area contributed by atoms with Crippen molar-refractivity contribution >= 4 is 23.9 Å². The Balaban J connectivity index is 3.51. The van der Waals surface area contributed by atoms with Gasteiger partial charge < -0.3 is 30.1 Å². The third-order valence-electron chi connectivity index (χ3n) is 6.36. The van der Waals surface area contributed by atoms with Crippen molar-refractivity contribution in [3.05, 3.63) is 29.8 Å². The number of carbonyl (C=O) groups excluding carboxylic acids is 4. The first-order valence-corrected chi connectivity index (χ1v) is 13.8. The molecule has 220 valence electrons. The monoisotopic (exact) mass is 549 g/mol. The number of methoxy groups -OCH3 is 1. The van der Waals surface area contributed by atoms with E-state index < -0.39 is 48.1 Å². The number of nitrogens with zero attached hydrogens (tertiary/aromatic N) is 1. The largest absolute Gasteiger partial charge is 0.508 e. The molecule has 0 aliphatic carbocycles. The maximum atomic E-state index is 14.2. The quantitative estimate of drug-likeness (QED) is 0.217. The predicted molar refractivity (Wildman–Crippen MR) is 149 cm³/mol. The van der Waals surface area contributed by atoms with Gasteiger partial charge in [-0.2, -0.15) is 0 Å². The summed E-state index contributed by atoms with van der Waals surface area (Å²) in [7, 11) is 1.21. The number of esters is 1. The zero-order valence-electron chi connectivity index (χ0n) is 24.5. The summed E-state index contributed by atoms with van der Waals surface area (Å²) in [6.07, 6.45) is 4.35. The molecule has 1 aromatic rings. The summed E-state index contributed by atoms with van der Waals surface area (Å²) in [5.41, 5.74) is -0.556. The maximum Gasteiger partial charge on any atom is 0.408 e. The molecular weight excluding hydrogens is 502 g/mol. The number of amides is 3. The predicted octanol–water partition coefficient (Wildman–Crippen LogP) is 4.46. The van der Waals surface area contributed by atoms with Crippen LogP contribution in [0.15, 0.2) is 24.3 Å². The number of ether oxygens (including phenoxy) is 2. The molecule has 10 heteroatoms. The molecule has 0 aliphatic rings. The van der Waals surface area contributed by atoms with Crippen LogP contribution >= 0.6 is 0 Å². The summed E-state index contributed by atoms with van der Waals surface area (Å²) in [6.45, 7) is 10.8. The molecule has 0 fully saturated rings. The minimum absolute atomic E-state index is 0.167. The number of alkyl carbamates (subject to hydrolysis) is 1. The molecule has 0 aliphatic heterocycles. The second-order valence-electron chi connectivity index (χ2n) is 10.7. The van der Waals surface area contributed by atoms with Crippen LogP contribution in [0, 0.1) is 5.92 Å². The Hall–Kier alpha value is -3.30. The first-order chi connectivity index (χ1) is 18.4. The Bertz CT molecular complexity index is 945. The lowest BCUT2D eigenvalue weighted by Crippen LogP contribution is -2.55. The van der Waals surface area contributed by atoms with Gasteiger partial charge >= 0.3 is 12.1 Å². The highest BCUT2D eigenvalue weighted by Crippen LogP contribution is 2.31. The number of unbranched alkanes of at least 4 members (excludes halogenated alkanes) is 4. The molecule has 3 N–H and O–H groups in total. The van der Waals surface area contributed by atoms with E-state index in [1.54, 1.807) is 39.0 Å². The van der Waals surface area contributed by atoms with Crippen molar-refractivity contribution in [3.63, 3.8) is 0 Å². The van der Waals surface area contributed by atoms with Crippen LogP contribution in [-0.4, -0.2) is 65.7 Å². The standard InChI is InChI=1S/C29H47N3O7/c1-8-10-11-12-15-18-32(27(36)24(20(3)9-2)31-28(37)39-29(4,5)6)25(21-16-13-14-17-22(21)33)26(35)30-19-23(34)38-7/h13-14,16-17,20,24-25,33H,8-12,15,18-19H2,1-7H3,(H,30,35)(H,31,37). The fourth-order valence-electron chi connectivity index (χ4n) is 4.05. The van der Waals surface area contributed by atoms with Crippen molar-refractivity contribution in [2.45, 2.75) is 97.8 Å². The van der Waals surface area contributed by atoms with Crippen LogP contribution in [0.3, 0.4) is 0 Å². The number of benzene rings is 1. The lowest BCUT2D eigenvalue weighted by molar-refractivity contribution is -0.145. The van der Waals surface area contributed by atoms with Crippen LogP contribution in [0.25, 0.3) is 0 Å². The highest BCUT2D eigenvalue weighted by Gasteiger charge is 2.39. The van der Waals surface area contributed by atoms with Gasteiger partial charge in [-0.05, 0) is 39.2 Å². The molecule has 1 aromatic carbocycles. The van der Waals surface area contributed by atoms with Gasteiger partial charge in [-0.3, -0.25) is 14.4 Å². The molecule has 3 unspecified atom stereocenters. The lowest BCUT2D eigenvalue weighted by Gasteiger charge is -2.36. The highest BCUT2D eigenvalue weighted by atomic mass is 16.6. The summed E-state index contributed by atoms with van der Waals surface area (Å²) >= 11 is 0. The topological polar surface area (TPSA) is 134 Å². The van der Waals surface area contributed by atoms with Crippen LogP contribution in [0.1, 0.15) is 91.7 Å². The second kappa shape index (κ2) is 16.6. The van der Waals surface area contributed by atoms with Crippen molar-refractivity contribution in [1.82, 2.24) is 15.5 Å². The smallest absolute Gasteiger partial charge is 0.408 e. The molecular formula is C29H47N3O7. The maximum absolute atomic E-state index is 14.2. The number of hydrogen-bond donors (Lipinski definition) is 3. The van der Waals surface area contributed by atoms with E-state index in [-0.39, 0.29) is 23.8 Å². The van der Waals surface area contributed by atoms with Gasteiger partial charge in [0, 0.05) is 12.1 Å². The Morgan fingerprint density at radius 1 is 1.03 bits per heavy atom. The SMILES string of the molecule is CCCCCCCN(C(=O)C(NC(=O)OC(C)(C)C)C(C)CC)C(C(=O)NCC(=O)OC)c1ccccc1O. The molecule has 0 spiro atoms. The van der Waals surface area contributed by atoms with Gasteiger partial charge in [0.15, 0.2) is 0 Å². The third kappa shape index (κ3) is 11.5. The zero-order valence-corrected chi connectivity index (χ0v) is 24.5. The first-order valence-electron chi connectivity index (χ1n) is 13.8. The normalized spacial score (nSPS) is 13.5. The summed E-state index contributed by atoms with van der Waals surface area (Å²) < 4.78 is 10.1. The van der Waals surface area contributed by atoms with Gasteiger partial charge in [0.2, 0.25) is 11.8 Å². The Morgan fingerprint density at radius 2 is 1.67 bits per heavy atom. The number of hydrogen-bond acceptors (Lipinski definition) is 7. The van der Waals surface area contributed by atoms with E-state index in [4.69, 9.17) is 4.74 Å². The molecule has 0 saturated carbocycles. The minimum atomic E-state index is -1.25. The summed E-state index contributed by atoms with van der Waals surface area (Å²) in [4.78, 5) is 53.6. The molecule has 1 rings (SSSR count). The Labute approximate surface area is 232 Å².